The Morgan fingerprint density at radius 3 is 1.82 bits per heavy atom. The fraction of sp³-hybridized carbons (Fsp3) is 1.00. The highest BCUT2D eigenvalue weighted by atomic mass is 14.7. The molecule has 0 radical (unpaired) electrons. The molecule has 0 aromatic rings. The average molecular weight is 235 g/mol. The Labute approximate surface area is 107 Å². The van der Waals surface area contributed by atoms with Crippen LogP contribution in [0.15, 0.2) is 0 Å². The SMILES string of the molecule is CC(C)C(C)(CN)C1C2CC3CC(C2)CC1C3. The van der Waals surface area contributed by atoms with Gasteiger partial charge in [0.1, 0.15) is 0 Å². The third-order valence-corrected chi connectivity index (χ3v) is 6.75. The van der Waals surface area contributed by atoms with E-state index in [0.29, 0.717) is 5.41 Å². The van der Waals surface area contributed by atoms with E-state index in [2.05, 4.69) is 20.8 Å². The van der Waals surface area contributed by atoms with Crippen molar-refractivity contribution >= 4 is 0 Å². The van der Waals surface area contributed by atoms with Crippen LogP contribution in [0.4, 0.5) is 0 Å². The van der Waals surface area contributed by atoms with Crippen molar-refractivity contribution in [2.45, 2.75) is 52.9 Å². The molecule has 1 heteroatoms. The summed E-state index contributed by atoms with van der Waals surface area (Å²) in [5.41, 5.74) is 6.58. The summed E-state index contributed by atoms with van der Waals surface area (Å²) >= 11 is 0. The lowest BCUT2D eigenvalue weighted by Gasteiger charge is -2.60. The highest BCUT2D eigenvalue weighted by molar-refractivity contribution is 5.04. The van der Waals surface area contributed by atoms with Gasteiger partial charge in [-0.15, -0.1) is 0 Å². The molecule has 0 amide bonds. The maximum absolute atomic E-state index is 6.19. The lowest BCUT2D eigenvalue weighted by Crippen LogP contribution is -2.54. The van der Waals surface area contributed by atoms with Crippen molar-refractivity contribution in [1.82, 2.24) is 0 Å². The van der Waals surface area contributed by atoms with E-state index in [1.165, 1.54) is 25.7 Å². The molecule has 0 heterocycles. The van der Waals surface area contributed by atoms with Crippen molar-refractivity contribution in [3.63, 3.8) is 0 Å². The summed E-state index contributed by atoms with van der Waals surface area (Å²) < 4.78 is 0. The molecular weight excluding hydrogens is 206 g/mol. The Balaban J connectivity index is 1.88. The van der Waals surface area contributed by atoms with Gasteiger partial charge in [0.25, 0.3) is 0 Å². The van der Waals surface area contributed by atoms with Crippen molar-refractivity contribution < 1.29 is 0 Å². The monoisotopic (exact) mass is 235 g/mol. The van der Waals surface area contributed by atoms with Crippen LogP contribution in [0.3, 0.4) is 0 Å². The van der Waals surface area contributed by atoms with Gasteiger partial charge >= 0.3 is 0 Å². The second-order valence-corrected chi connectivity index (χ2v) is 7.82. The summed E-state index contributed by atoms with van der Waals surface area (Å²) in [7, 11) is 0. The quantitative estimate of drug-likeness (QED) is 0.793. The zero-order chi connectivity index (χ0) is 12.2. The topological polar surface area (TPSA) is 26.0 Å². The zero-order valence-electron chi connectivity index (χ0n) is 11.8. The van der Waals surface area contributed by atoms with Gasteiger partial charge in [0.2, 0.25) is 0 Å². The maximum atomic E-state index is 6.19. The summed E-state index contributed by atoms with van der Waals surface area (Å²) in [6, 6.07) is 0. The highest BCUT2D eigenvalue weighted by Gasteiger charge is 2.54. The van der Waals surface area contributed by atoms with Crippen LogP contribution in [0.1, 0.15) is 52.9 Å². The van der Waals surface area contributed by atoms with Gasteiger partial charge in [-0.05, 0) is 79.6 Å². The van der Waals surface area contributed by atoms with Crippen LogP contribution in [0.5, 0.6) is 0 Å². The Morgan fingerprint density at radius 1 is 1.00 bits per heavy atom. The first-order valence-corrected chi connectivity index (χ1v) is 7.74. The van der Waals surface area contributed by atoms with Gasteiger partial charge in [-0.2, -0.15) is 0 Å². The molecule has 4 bridgehead atoms. The summed E-state index contributed by atoms with van der Waals surface area (Å²) in [6.07, 6.45) is 7.67. The smallest absolute Gasteiger partial charge is 0.00179 e. The predicted octanol–water partition coefficient (Wildman–Crippen LogP) is 3.68. The molecular formula is C16H29N. The van der Waals surface area contributed by atoms with Crippen molar-refractivity contribution in [3.8, 4) is 0 Å². The van der Waals surface area contributed by atoms with Gasteiger partial charge in [0, 0.05) is 0 Å². The molecule has 1 atom stereocenters. The summed E-state index contributed by atoms with van der Waals surface area (Å²) in [5.74, 6) is 5.87. The average Bonchev–Trinajstić information content (AvgIpc) is 2.26. The van der Waals surface area contributed by atoms with Crippen molar-refractivity contribution in [2.75, 3.05) is 6.54 Å². The first-order chi connectivity index (χ1) is 8.04. The number of hydrogen-bond donors (Lipinski definition) is 1. The van der Waals surface area contributed by atoms with Crippen LogP contribution >= 0.6 is 0 Å². The molecule has 0 spiro atoms. The molecule has 1 unspecified atom stereocenters. The van der Waals surface area contributed by atoms with Crippen LogP contribution in [-0.2, 0) is 0 Å². The lowest BCUT2D eigenvalue weighted by molar-refractivity contribution is -0.103. The molecule has 0 aliphatic heterocycles. The number of rotatable bonds is 3. The van der Waals surface area contributed by atoms with Crippen LogP contribution in [0.25, 0.3) is 0 Å². The Bertz CT molecular complexity index is 268. The van der Waals surface area contributed by atoms with Crippen molar-refractivity contribution in [1.29, 1.82) is 0 Å². The third kappa shape index (κ3) is 1.69. The predicted molar refractivity (Wildman–Crippen MR) is 72.5 cm³/mol. The summed E-state index contributed by atoms with van der Waals surface area (Å²) in [6.45, 7) is 8.14. The van der Waals surface area contributed by atoms with Crippen molar-refractivity contribution in [3.05, 3.63) is 0 Å². The fourth-order valence-electron chi connectivity index (χ4n) is 5.76. The molecule has 4 aliphatic rings. The number of nitrogens with two attached hydrogens (primary N) is 1. The van der Waals surface area contributed by atoms with Gasteiger partial charge in [-0.1, -0.05) is 20.8 Å². The lowest BCUT2D eigenvalue weighted by atomic mass is 9.45. The van der Waals surface area contributed by atoms with E-state index in [9.17, 15) is 0 Å². The first kappa shape index (κ1) is 12.0. The third-order valence-electron chi connectivity index (χ3n) is 6.75. The fourth-order valence-corrected chi connectivity index (χ4v) is 5.76. The molecule has 4 rings (SSSR count). The molecule has 17 heavy (non-hydrogen) atoms. The van der Waals surface area contributed by atoms with Gasteiger partial charge in [-0.3, -0.25) is 0 Å². The Hall–Kier alpha value is -0.0400. The first-order valence-electron chi connectivity index (χ1n) is 7.74. The molecule has 0 aromatic heterocycles. The molecule has 2 N–H and O–H groups in total. The second kappa shape index (κ2) is 3.98. The van der Waals surface area contributed by atoms with E-state index in [-0.39, 0.29) is 0 Å². The molecule has 0 aromatic carbocycles. The number of hydrogen-bond acceptors (Lipinski definition) is 1. The minimum absolute atomic E-state index is 0.391. The van der Waals surface area contributed by atoms with Gasteiger partial charge < -0.3 is 5.73 Å². The van der Waals surface area contributed by atoms with Gasteiger partial charge in [-0.25, -0.2) is 0 Å². The van der Waals surface area contributed by atoms with Crippen LogP contribution in [-0.4, -0.2) is 6.54 Å². The van der Waals surface area contributed by atoms with Crippen LogP contribution < -0.4 is 5.73 Å². The highest BCUT2D eigenvalue weighted by Crippen LogP contribution is 2.61. The van der Waals surface area contributed by atoms with Gasteiger partial charge in [0.05, 0.1) is 0 Å². The maximum Gasteiger partial charge on any atom is -0.00179 e. The minimum Gasteiger partial charge on any atom is -0.330 e. The zero-order valence-corrected chi connectivity index (χ0v) is 11.8. The largest absolute Gasteiger partial charge is 0.330 e. The summed E-state index contributed by atoms with van der Waals surface area (Å²) in [5, 5.41) is 0. The van der Waals surface area contributed by atoms with E-state index in [1.54, 1.807) is 6.42 Å². The summed E-state index contributed by atoms with van der Waals surface area (Å²) in [4.78, 5) is 0. The minimum atomic E-state index is 0.391. The molecule has 0 saturated heterocycles. The van der Waals surface area contributed by atoms with E-state index < -0.39 is 0 Å². The van der Waals surface area contributed by atoms with Crippen LogP contribution in [0, 0.1) is 40.9 Å². The van der Waals surface area contributed by atoms with Crippen LogP contribution in [0.2, 0.25) is 0 Å². The van der Waals surface area contributed by atoms with Gasteiger partial charge in [0.15, 0.2) is 0 Å². The van der Waals surface area contributed by atoms with E-state index in [1.807, 2.05) is 0 Å². The van der Waals surface area contributed by atoms with E-state index in [4.69, 9.17) is 5.73 Å². The van der Waals surface area contributed by atoms with E-state index >= 15 is 0 Å². The molecule has 4 aliphatic carbocycles. The molecule has 4 saturated carbocycles. The normalized spacial score (nSPS) is 47.5. The Kier molecular flexibility index (Phi) is 2.81. The Morgan fingerprint density at radius 2 is 1.47 bits per heavy atom. The second-order valence-electron chi connectivity index (χ2n) is 7.82. The molecule has 1 nitrogen and oxygen atoms in total. The molecule has 4 fully saturated rings. The molecule has 98 valence electrons. The van der Waals surface area contributed by atoms with E-state index in [0.717, 1.165) is 42.1 Å². The standard InChI is InChI=1S/C16H29N/c1-10(2)16(3,9-17)15-13-5-11-4-12(7-13)8-14(15)6-11/h10-15H,4-9,17H2,1-3H3. The van der Waals surface area contributed by atoms with Crippen molar-refractivity contribution in [2.24, 2.45) is 46.7 Å².